The van der Waals surface area contributed by atoms with Crippen LogP contribution in [0.25, 0.3) is 0 Å². The number of nitrogens with zero attached hydrogens (tertiary/aromatic N) is 4. The van der Waals surface area contributed by atoms with Gasteiger partial charge < -0.3 is 4.74 Å². The monoisotopic (exact) mass is 341 g/mol. The SMILES string of the molecule is COc1nn(CCC(=O)N/N=C/c2ccc(F)s2)cc1[N+](=O)[O-]. The van der Waals surface area contributed by atoms with Gasteiger partial charge in [0.2, 0.25) is 5.91 Å². The minimum atomic E-state index is -0.618. The van der Waals surface area contributed by atoms with Crippen LogP contribution in [0.5, 0.6) is 5.88 Å². The minimum Gasteiger partial charge on any atom is -0.475 e. The summed E-state index contributed by atoms with van der Waals surface area (Å²) in [6.07, 6.45) is 2.52. The van der Waals surface area contributed by atoms with Crippen LogP contribution in [-0.4, -0.2) is 33.9 Å². The molecule has 0 atom stereocenters. The van der Waals surface area contributed by atoms with Crippen LogP contribution < -0.4 is 10.2 Å². The van der Waals surface area contributed by atoms with Crippen molar-refractivity contribution in [2.24, 2.45) is 5.10 Å². The zero-order valence-corrected chi connectivity index (χ0v) is 12.7. The molecule has 23 heavy (non-hydrogen) atoms. The van der Waals surface area contributed by atoms with E-state index in [1.165, 1.54) is 36.3 Å². The van der Waals surface area contributed by atoms with Gasteiger partial charge in [0.1, 0.15) is 6.20 Å². The zero-order chi connectivity index (χ0) is 16.8. The summed E-state index contributed by atoms with van der Waals surface area (Å²) in [6.45, 7) is 0.124. The number of hydrazone groups is 1. The fourth-order valence-corrected chi connectivity index (χ4v) is 2.22. The largest absolute Gasteiger partial charge is 0.475 e. The average molecular weight is 341 g/mol. The maximum atomic E-state index is 12.7. The highest BCUT2D eigenvalue weighted by atomic mass is 32.1. The van der Waals surface area contributed by atoms with E-state index in [9.17, 15) is 19.3 Å². The molecule has 1 N–H and O–H groups in total. The van der Waals surface area contributed by atoms with E-state index in [2.05, 4.69) is 15.6 Å². The lowest BCUT2D eigenvalue weighted by atomic mass is 10.4. The van der Waals surface area contributed by atoms with E-state index in [1.54, 1.807) is 0 Å². The van der Waals surface area contributed by atoms with E-state index in [-0.39, 0.29) is 29.7 Å². The maximum Gasteiger partial charge on any atom is 0.350 e. The molecule has 2 rings (SSSR count). The number of aromatic nitrogens is 2. The number of carbonyl (C=O) groups is 1. The highest BCUT2D eigenvalue weighted by Gasteiger charge is 2.20. The van der Waals surface area contributed by atoms with Crippen molar-refractivity contribution in [3.05, 3.63) is 38.5 Å². The average Bonchev–Trinajstić information content (AvgIpc) is 3.11. The van der Waals surface area contributed by atoms with Crippen LogP contribution in [0.2, 0.25) is 0 Å². The number of carbonyl (C=O) groups excluding carboxylic acids is 1. The second-order valence-electron chi connectivity index (χ2n) is 4.23. The molecule has 0 radical (unpaired) electrons. The van der Waals surface area contributed by atoms with Crippen LogP contribution in [0.4, 0.5) is 10.1 Å². The smallest absolute Gasteiger partial charge is 0.350 e. The van der Waals surface area contributed by atoms with E-state index >= 15 is 0 Å². The minimum absolute atomic E-state index is 0.0120. The fourth-order valence-electron chi connectivity index (χ4n) is 1.62. The van der Waals surface area contributed by atoms with Gasteiger partial charge in [-0.05, 0) is 12.1 Å². The Bertz CT molecular complexity index is 742. The first kappa shape index (κ1) is 16.5. The van der Waals surface area contributed by atoms with Gasteiger partial charge in [0.25, 0.3) is 0 Å². The van der Waals surface area contributed by atoms with Crippen LogP contribution in [0.15, 0.2) is 23.4 Å². The lowest BCUT2D eigenvalue weighted by Gasteiger charge is -1.99. The molecule has 0 aromatic carbocycles. The summed E-state index contributed by atoms with van der Waals surface area (Å²) in [4.78, 5) is 22.3. The quantitative estimate of drug-likeness (QED) is 0.466. The first-order valence-corrected chi connectivity index (χ1v) is 7.14. The van der Waals surface area contributed by atoms with Crippen LogP contribution in [-0.2, 0) is 11.3 Å². The van der Waals surface area contributed by atoms with E-state index in [4.69, 9.17) is 4.74 Å². The molecule has 9 nitrogen and oxygen atoms in total. The number of nitro groups is 1. The fraction of sp³-hybridized carbons (Fsp3) is 0.250. The van der Waals surface area contributed by atoms with Crippen LogP contribution in [0, 0.1) is 15.2 Å². The number of hydrogen-bond donors (Lipinski definition) is 1. The number of hydrogen-bond acceptors (Lipinski definition) is 7. The normalized spacial score (nSPS) is 10.9. The van der Waals surface area contributed by atoms with E-state index < -0.39 is 10.8 Å². The number of thiophene rings is 1. The van der Waals surface area contributed by atoms with Crippen molar-refractivity contribution in [1.29, 1.82) is 0 Å². The Labute approximate surface area is 133 Å². The first-order valence-electron chi connectivity index (χ1n) is 6.32. The van der Waals surface area contributed by atoms with Gasteiger partial charge in [0.05, 0.1) is 29.7 Å². The van der Waals surface area contributed by atoms with Gasteiger partial charge in [-0.1, -0.05) is 0 Å². The van der Waals surface area contributed by atoms with Crippen molar-refractivity contribution in [3.63, 3.8) is 0 Å². The Balaban J connectivity index is 1.84. The van der Waals surface area contributed by atoms with Crippen molar-refractivity contribution in [2.45, 2.75) is 13.0 Å². The van der Waals surface area contributed by atoms with Crippen LogP contribution in [0.1, 0.15) is 11.3 Å². The molecule has 11 heteroatoms. The molecule has 2 heterocycles. The van der Waals surface area contributed by atoms with Crippen molar-refractivity contribution < 1.29 is 18.8 Å². The van der Waals surface area contributed by atoms with Gasteiger partial charge in [-0.25, -0.2) is 5.43 Å². The molecule has 0 saturated heterocycles. The standard InChI is InChI=1S/C12H12FN5O4S/c1-22-12-9(18(20)21)7-17(16-12)5-4-11(19)15-14-6-8-2-3-10(13)23-8/h2-3,6-7H,4-5H2,1H3,(H,15,19)/b14-6+. The second kappa shape index (κ2) is 7.45. The molecule has 0 spiro atoms. The number of rotatable bonds is 7. The lowest BCUT2D eigenvalue weighted by Crippen LogP contribution is -2.19. The third-order valence-corrected chi connectivity index (χ3v) is 3.45. The molecule has 1 amide bonds. The topological polar surface area (TPSA) is 112 Å². The van der Waals surface area contributed by atoms with Gasteiger partial charge in [0, 0.05) is 6.42 Å². The molecule has 2 aromatic heterocycles. The Hall–Kier alpha value is -2.82. The van der Waals surface area contributed by atoms with Crippen LogP contribution in [0.3, 0.4) is 0 Å². The number of ether oxygens (including phenoxy) is 1. The third-order valence-electron chi connectivity index (χ3n) is 2.64. The zero-order valence-electron chi connectivity index (χ0n) is 11.9. The summed E-state index contributed by atoms with van der Waals surface area (Å²) < 4.78 is 18.8. The lowest BCUT2D eigenvalue weighted by molar-refractivity contribution is -0.385. The predicted molar refractivity (Wildman–Crippen MR) is 80.1 cm³/mol. The molecule has 2 aromatic rings. The van der Waals surface area contributed by atoms with E-state index in [1.807, 2.05) is 0 Å². The molecule has 0 aliphatic rings. The summed E-state index contributed by atoms with van der Waals surface area (Å²) in [5.74, 6) is -0.524. The number of amides is 1. The molecule has 0 unspecified atom stereocenters. The maximum absolute atomic E-state index is 12.7. The highest BCUT2D eigenvalue weighted by Crippen LogP contribution is 2.23. The Morgan fingerprint density at radius 2 is 2.43 bits per heavy atom. The van der Waals surface area contributed by atoms with Gasteiger partial charge in [-0.3, -0.25) is 19.6 Å². The van der Waals surface area contributed by atoms with Gasteiger partial charge in [-0.2, -0.15) is 9.49 Å². The Morgan fingerprint density at radius 1 is 1.65 bits per heavy atom. The predicted octanol–water partition coefficient (Wildman–Crippen LogP) is 1.54. The van der Waals surface area contributed by atoms with Crippen molar-refractivity contribution in [1.82, 2.24) is 15.2 Å². The highest BCUT2D eigenvalue weighted by molar-refractivity contribution is 7.12. The van der Waals surface area contributed by atoms with Gasteiger partial charge >= 0.3 is 11.6 Å². The Morgan fingerprint density at radius 3 is 3.00 bits per heavy atom. The molecule has 0 saturated carbocycles. The summed E-state index contributed by atoms with van der Waals surface area (Å²) in [6, 6.07) is 2.83. The molecule has 122 valence electrons. The number of halogens is 1. The Kier molecular flexibility index (Phi) is 5.36. The summed E-state index contributed by atoms with van der Waals surface area (Å²) in [5, 5.41) is 18.0. The first-order chi connectivity index (χ1) is 11.0. The second-order valence-corrected chi connectivity index (χ2v) is 5.29. The van der Waals surface area contributed by atoms with Crippen molar-refractivity contribution in [3.8, 4) is 5.88 Å². The molecule has 0 aliphatic heterocycles. The van der Waals surface area contributed by atoms with Gasteiger partial charge in [-0.15, -0.1) is 16.4 Å². The van der Waals surface area contributed by atoms with Gasteiger partial charge in [0.15, 0.2) is 5.13 Å². The third kappa shape index (κ3) is 4.57. The molecular formula is C12H12FN5O4S. The molecule has 0 fully saturated rings. The van der Waals surface area contributed by atoms with Crippen LogP contribution >= 0.6 is 11.3 Å². The summed E-state index contributed by atoms with van der Waals surface area (Å²) in [5.41, 5.74) is 2.00. The van der Waals surface area contributed by atoms with Crippen molar-refractivity contribution >= 4 is 29.1 Å². The molecule has 0 bridgehead atoms. The summed E-state index contributed by atoms with van der Waals surface area (Å²) >= 11 is 0.900. The van der Waals surface area contributed by atoms with E-state index in [0.717, 1.165) is 11.3 Å². The number of methoxy groups -OCH3 is 1. The van der Waals surface area contributed by atoms with E-state index in [0.29, 0.717) is 4.88 Å². The van der Waals surface area contributed by atoms with Crippen molar-refractivity contribution in [2.75, 3.05) is 7.11 Å². The number of nitrogens with one attached hydrogen (secondary N) is 1. The summed E-state index contributed by atoms with van der Waals surface area (Å²) in [7, 11) is 1.27. The molecule has 0 aliphatic carbocycles. The number of aryl methyl sites for hydroxylation is 1. The molecular weight excluding hydrogens is 329 g/mol.